The van der Waals surface area contributed by atoms with E-state index in [9.17, 15) is 14.9 Å². The monoisotopic (exact) mass is 265 g/mol. The van der Waals surface area contributed by atoms with Crippen molar-refractivity contribution in [2.75, 3.05) is 20.2 Å². The van der Waals surface area contributed by atoms with E-state index in [0.29, 0.717) is 18.7 Å². The Labute approximate surface area is 110 Å². The third kappa shape index (κ3) is 2.65. The normalized spacial score (nSPS) is 18.4. The average molecular weight is 265 g/mol. The highest BCUT2D eigenvalue weighted by atomic mass is 16.6. The fourth-order valence-electron chi connectivity index (χ4n) is 2.12. The van der Waals surface area contributed by atoms with E-state index >= 15 is 0 Å². The molecule has 1 saturated heterocycles. The van der Waals surface area contributed by atoms with Crippen LogP contribution >= 0.6 is 0 Å². The SMILES string of the molecule is COc1cc(C(=O)N2CCC(N)C2)ccc1[N+](=O)[O-]. The van der Waals surface area contributed by atoms with Crippen molar-refractivity contribution in [1.82, 2.24) is 4.90 Å². The highest BCUT2D eigenvalue weighted by Crippen LogP contribution is 2.28. The third-order valence-electron chi connectivity index (χ3n) is 3.14. The molecule has 1 aliphatic heterocycles. The van der Waals surface area contributed by atoms with Crippen LogP contribution in [-0.2, 0) is 0 Å². The van der Waals surface area contributed by atoms with Crippen LogP contribution in [0.1, 0.15) is 16.8 Å². The molecular weight excluding hydrogens is 250 g/mol. The quantitative estimate of drug-likeness (QED) is 0.643. The number of rotatable bonds is 3. The predicted molar refractivity (Wildman–Crippen MR) is 68.1 cm³/mol. The largest absolute Gasteiger partial charge is 0.490 e. The van der Waals surface area contributed by atoms with Crippen molar-refractivity contribution < 1.29 is 14.5 Å². The van der Waals surface area contributed by atoms with Gasteiger partial charge in [0.15, 0.2) is 5.75 Å². The Hall–Kier alpha value is -2.15. The van der Waals surface area contributed by atoms with E-state index in [4.69, 9.17) is 10.5 Å². The van der Waals surface area contributed by atoms with Crippen molar-refractivity contribution >= 4 is 11.6 Å². The van der Waals surface area contributed by atoms with Crippen molar-refractivity contribution in [2.45, 2.75) is 12.5 Å². The molecule has 2 rings (SSSR count). The number of nitrogens with two attached hydrogens (primary N) is 1. The van der Waals surface area contributed by atoms with Crippen LogP contribution in [0.25, 0.3) is 0 Å². The van der Waals surface area contributed by atoms with Crippen LogP contribution in [-0.4, -0.2) is 42.0 Å². The zero-order valence-corrected chi connectivity index (χ0v) is 10.5. The molecule has 1 amide bonds. The summed E-state index contributed by atoms with van der Waals surface area (Å²) in [6.45, 7) is 1.12. The van der Waals surface area contributed by atoms with Crippen LogP contribution in [0.5, 0.6) is 5.75 Å². The van der Waals surface area contributed by atoms with Crippen molar-refractivity contribution in [3.05, 3.63) is 33.9 Å². The van der Waals surface area contributed by atoms with Gasteiger partial charge in [-0.05, 0) is 12.5 Å². The number of carbonyl (C=O) groups excluding carboxylic acids is 1. The van der Waals surface area contributed by atoms with Crippen LogP contribution < -0.4 is 10.5 Å². The Bertz CT molecular complexity index is 518. The molecule has 1 aromatic carbocycles. The number of benzene rings is 1. The van der Waals surface area contributed by atoms with E-state index in [0.717, 1.165) is 6.42 Å². The maximum atomic E-state index is 12.2. The Morgan fingerprint density at radius 1 is 1.58 bits per heavy atom. The maximum absolute atomic E-state index is 12.2. The molecule has 1 atom stereocenters. The minimum atomic E-state index is -0.543. The minimum Gasteiger partial charge on any atom is -0.490 e. The Balaban J connectivity index is 2.26. The van der Waals surface area contributed by atoms with Crippen LogP contribution in [0.4, 0.5) is 5.69 Å². The molecule has 7 heteroatoms. The molecule has 2 N–H and O–H groups in total. The van der Waals surface area contributed by atoms with Crippen LogP contribution in [0.2, 0.25) is 0 Å². The van der Waals surface area contributed by atoms with Crippen LogP contribution in [0.3, 0.4) is 0 Å². The number of nitro groups is 1. The molecule has 1 heterocycles. The van der Waals surface area contributed by atoms with Crippen molar-refractivity contribution in [1.29, 1.82) is 0 Å². The Morgan fingerprint density at radius 2 is 2.32 bits per heavy atom. The zero-order valence-electron chi connectivity index (χ0n) is 10.5. The number of carbonyl (C=O) groups is 1. The summed E-state index contributed by atoms with van der Waals surface area (Å²) in [5, 5.41) is 10.8. The first-order valence-corrected chi connectivity index (χ1v) is 5.90. The fraction of sp³-hybridized carbons (Fsp3) is 0.417. The summed E-state index contributed by atoms with van der Waals surface area (Å²) in [6, 6.07) is 4.11. The number of nitrogens with zero attached hydrogens (tertiary/aromatic N) is 2. The van der Waals surface area contributed by atoms with Gasteiger partial charge in [-0.25, -0.2) is 0 Å². The van der Waals surface area contributed by atoms with Gasteiger partial charge in [-0.3, -0.25) is 14.9 Å². The number of hydrogen-bond donors (Lipinski definition) is 1. The molecule has 19 heavy (non-hydrogen) atoms. The third-order valence-corrected chi connectivity index (χ3v) is 3.14. The summed E-state index contributed by atoms with van der Waals surface area (Å²) < 4.78 is 4.94. The number of likely N-dealkylation sites (tertiary alicyclic amines) is 1. The average Bonchev–Trinajstić information content (AvgIpc) is 2.83. The first kappa shape index (κ1) is 13.3. The first-order valence-electron chi connectivity index (χ1n) is 5.90. The second-order valence-electron chi connectivity index (χ2n) is 4.44. The van der Waals surface area contributed by atoms with E-state index in [1.165, 1.54) is 25.3 Å². The van der Waals surface area contributed by atoms with E-state index in [1.54, 1.807) is 4.90 Å². The molecule has 1 fully saturated rings. The summed E-state index contributed by atoms with van der Waals surface area (Å²) in [7, 11) is 1.34. The van der Waals surface area contributed by atoms with Gasteiger partial charge in [-0.2, -0.15) is 0 Å². The summed E-state index contributed by atoms with van der Waals surface area (Å²) in [5.74, 6) is -0.0968. The van der Waals surface area contributed by atoms with E-state index in [-0.39, 0.29) is 23.4 Å². The van der Waals surface area contributed by atoms with Gasteiger partial charge in [0.1, 0.15) is 0 Å². The van der Waals surface area contributed by atoms with Crippen molar-refractivity contribution in [3.63, 3.8) is 0 Å². The van der Waals surface area contributed by atoms with Gasteiger partial charge in [0.05, 0.1) is 12.0 Å². The van der Waals surface area contributed by atoms with Gasteiger partial charge in [-0.1, -0.05) is 0 Å². The van der Waals surface area contributed by atoms with Crippen molar-refractivity contribution in [2.24, 2.45) is 5.73 Å². The second-order valence-corrected chi connectivity index (χ2v) is 4.44. The Kier molecular flexibility index (Phi) is 3.66. The first-order chi connectivity index (χ1) is 9.02. The topological polar surface area (TPSA) is 98.7 Å². The maximum Gasteiger partial charge on any atom is 0.310 e. The standard InChI is InChI=1S/C12H15N3O4/c1-19-11-6-8(2-3-10(11)15(17)18)12(16)14-5-4-9(13)7-14/h2-3,6,9H,4-5,7,13H2,1H3. The Morgan fingerprint density at radius 3 is 2.84 bits per heavy atom. The molecular formula is C12H15N3O4. The lowest BCUT2D eigenvalue weighted by molar-refractivity contribution is -0.385. The van der Waals surface area contributed by atoms with E-state index < -0.39 is 4.92 Å². The summed E-state index contributed by atoms with van der Waals surface area (Å²) in [4.78, 5) is 24.1. The number of amides is 1. The molecule has 0 aliphatic carbocycles. The highest BCUT2D eigenvalue weighted by Gasteiger charge is 2.26. The van der Waals surface area contributed by atoms with Gasteiger partial charge >= 0.3 is 5.69 Å². The second kappa shape index (κ2) is 5.23. The fourth-order valence-corrected chi connectivity index (χ4v) is 2.12. The van der Waals surface area contributed by atoms with Crippen LogP contribution in [0.15, 0.2) is 18.2 Å². The zero-order chi connectivity index (χ0) is 14.0. The van der Waals surface area contributed by atoms with Crippen LogP contribution in [0, 0.1) is 10.1 Å². The van der Waals surface area contributed by atoms with E-state index in [2.05, 4.69) is 0 Å². The number of nitro benzene ring substituents is 1. The molecule has 0 aromatic heterocycles. The van der Waals surface area contributed by atoms with E-state index in [1.807, 2.05) is 0 Å². The molecule has 102 valence electrons. The summed E-state index contributed by atoms with van der Waals surface area (Å²) in [6.07, 6.45) is 0.774. The predicted octanol–water partition coefficient (Wildman–Crippen LogP) is 0.777. The molecule has 1 unspecified atom stereocenters. The molecule has 0 radical (unpaired) electrons. The molecule has 0 bridgehead atoms. The molecule has 1 aromatic rings. The number of methoxy groups -OCH3 is 1. The summed E-state index contributed by atoms with van der Waals surface area (Å²) in [5.41, 5.74) is 5.97. The van der Waals surface area contributed by atoms with Gasteiger partial charge in [0.25, 0.3) is 5.91 Å². The summed E-state index contributed by atoms with van der Waals surface area (Å²) >= 11 is 0. The number of hydrogen-bond acceptors (Lipinski definition) is 5. The molecule has 0 saturated carbocycles. The lowest BCUT2D eigenvalue weighted by Crippen LogP contribution is -2.31. The molecule has 7 nitrogen and oxygen atoms in total. The van der Waals surface area contributed by atoms with Gasteiger partial charge in [-0.15, -0.1) is 0 Å². The van der Waals surface area contributed by atoms with Gasteiger partial charge < -0.3 is 15.4 Å². The lowest BCUT2D eigenvalue weighted by Gasteiger charge is -2.16. The smallest absolute Gasteiger partial charge is 0.310 e. The minimum absolute atomic E-state index is 0.00361. The van der Waals surface area contributed by atoms with Gasteiger partial charge in [0.2, 0.25) is 0 Å². The molecule has 0 spiro atoms. The highest BCUT2D eigenvalue weighted by molar-refractivity contribution is 5.95. The lowest BCUT2D eigenvalue weighted by atomic mass is 10.1. The molecule has 1 aliphatic rings. The van der Waals surface area contributed by atoms with Gasteiger partial charge in [0, 0.05) is 36.8 Å². The van der Waals surface area contributed by atoms with Crippen molar-refractivity contribution in [3.8, 4) is 5.75 Å². The number of ether oxygens (including phenoxy) is 1.